The number of carbonyl (C=O) groups excluding carboxylic acids is 3. The normalized spacial score (nSPS) is 12.3. The predicted octanol–water partition coefficient (Wildman–Crippen LogP) is 3.24. The van der Waals surface area contributed by atoms with Crippen molar-refractivity contribution in [1.82, 2.24) is 4.98 Å². The molecular formula is C23H27NO8. The third-order valence-electron chi connectivity index (χ3n) is 4.35. The Morgan fingerprint density at radius 2 is 1.62 bits per heavy atom. The Morgan fingerprint density at radius 1 is 0.969 bits per heavy atom. The van der Waals surface area contributed by atoms with Gasteiger partial charge in [-0.2, -0.15) is 0 Å². The van der Waals surface area contributed by atoms with Crippen LogP contribution in [0.2, 0.25) is 0 Å². The maximum Gasteiger partial charge on any atom is 0.309 e. The summed E-state index contributed by atoms with van der Waals surface area (Å²) in [5.74, 6) is -0.963. The van der Waals surface area contributed by atoms with Gasteiger partial charge in [-0.3, -0.25) is 14.4 Å². The molecule has 1 heterocycles. The summed E-state index contributed by atoms with van der Waals surface area (Å²) >= 11 is 0. The molecule has 0 bridgehead atoms. The summed E-state index contributed by atoms with van der Waals surface area (Å²) in [6, 6.07) is 8.49. The maximum absolute atomic E-state index is 12.7. The average molecular weight is 445 g/mol. The highest BCUT2D eigenvalue weighted by molar-refractivity contribution is 5.99. The smallest absolute Gasteiger partial charge is 0.309 e. The summed E-state index contributed by atoms with van der Waals surface area (Å²) < 4.78 is 26.3. The van der Waals surface area contributed by atoms with E-state index in [-0.39, 0.29) is 30.2 Å². The van der Waals surface area contributed by atoms with E-state index in [1.165, 1.54) is 26.3 Å². The zero-order chi connectivity index (χ0) is 23.7. The van der Waals surface area contributed by atoms with Gasteiger partial charge in [-0.1, -0.05) is 6.92 Å². The Hall–Kier alpha value is -3.62. The molecule has 9 heteroatoms. The van der Waals surface area contributed by atoms with Crippen LogP contribution >= 0.6 is 0 Å². The van der Waals surface area contributed by atoms with Crippen molar-refractivity contribution in [2.45, 2.75) is 33.3 Å². The van der Waals surface area contributed by atoms with Crippen LogP contribution in [0.15, 0.2) is 36.5 Å². The topological polar surface area (TPSA) is 110 Å². The Bertz CT molecular complexity index is 942. The van der Waals surface area contributed by atoms with E-state index in [0.717, 1.165) is 0 Å². The van der Waals surface area contributed by atoms with E-state index >= 15 is 0 Å². The van der Waals surface area contributed by atoms with Gasteiger partial charge in [0.1, 0.15) is 24.2 Å². The van der Waals surface area contributed by atoms with Crippen LogP contribution in [0.5, 0.6) is 23.0 Å². The van der Waals surface area contributed by atoms with Crippen molar-refractivity contribution in [3.8, 4) is 23.0 Å². The van der Waals surface area contributed by atoms with Crippen molar-refractivity contribution in [3.05, 3.63) is 42.2 Å². The molecule has 0 saturated carbocycles. The largest absolute Gasteiger partial charge is 0.497 e. The SMILES string of the molecule is COc1ccc(O[C@@H](C)COC(=O)[C@H](C)CC(=O)c2nccc(OC)c2OC(C)=O)cc1. The van der Waals surface area contributed by atoms with Crippen LogP contribution in [0.3, 0.4) is 0 Å². The third-order valence-corrected chi connectivity index (χ3v) is 4.35. The van der Waals surface area contributed by atoms with Gasteiger partial charge in [0.2, 0.25) is 5.75 Å². The Morgan fingerprint density at radius 3 is 2.22 bits per heavy atom. The maximum atomic E-state index is 12.7. The van der Waals surface area contributed by atoms with E-state index in [4.69, 9.17) is 23.7 Å². The summed E-state index contributed by atoms with van der Waals surface area (Å²) in [5, 5.41) is 0. The lowest BCUT2D eigenvalue weighted by Gasteiger charge is -2.17. The molecule has 2 aromatic rings. The minimum atomic E-state index is -0.742. The van der Waals surface area contributed by atoms with E-state index < -0.39 is 29.7 Å². The second-order valence-electron chi connectivity index (χ2n) is 7.05. The molecule has 0 saturated heterocycles. The number of hydrogen-bond acceptors (Lipinski definition) is 9. The molecule has 0 radical (unpaired) electrons. The van der Waals surface area contributed by atoms with E-state index in [0.29, 0.717) is 11.5 Å². The number of hydrogen-bond donors (Lipinski definition) is 0. The summed E-state index contributed by atoms with van der Waals surface area (Å²) in [6.45, 7) is 4.55. The molecule has 0 unspecified atom stereocenters. The van der Waals surface area contributed by atoms with Crippen LogP contribution in [-0.2, 0) is 14.3 Å². The zero-order valence-corrected chi connectivity index (χ0v) is 18.7. The van der Waals surface area contributed by atoms with Gasteiger partial charge in [0.25, 0.3) is 0 Å². The molecule has 0 aliphatic rings. The Balaban J connectivity index is 1.93. The van der Waals surface area contributed by atoms with Crippen molar-refractivity contribution in [1.29, 1.82) is 0 Å². The van der Waals surface area contributed by atoms with Gasteiger partial charge < -0.3 is 23.7 Å². The number of esters is 2. The molecule has 9 nitrogen and oxygen atoms in total. The van der Waals surface area contributed by atoms with Crippen LogP contribution < -0.4 is 18.9 Å². The molecule has 1 aromatic carbocycles. The van der Waals surface area contributed by atoms with Gasteiger partial charge in [0.05, 0.1) is 20.1 Å². The zero-order valence-electron chi connectivity index (χ0n) is 18.7. The fraction of sp³-hybridized carbons (Fsp3) is 0.391. The van der Waals surface area contributed by atoms with Crippen molar-refractivity contribution in [2.75, 3.05) is 20.8 Å². The second kappa shape index (κ2) is 11.7. The average Bonchev–Trinajstić information content (AvgIpc) is 2.77. The number of ketones is 1. The minimum absolute atomic E-state index is 0.0134. The van der Waals surface area contributed by atoms with Crippen LogP contribution in [0.25, 0.3) is 0 Å². The third kappa shape index (κ3) is 6.97. The van der Waals surface area contributed by atoms with E-state index in [9.17, 15) is 14.4 Å². The predicted molar refractivity (Wildman–Crippen MR) is 114 cm³/mol. The van der Waals surface area contributed by atoms with Gasteiger partial charge in [-0.15, -0.1) is 0 Å². The number of Topliss-reactive ketones (excluding diaryl/α,β-unsaturated/α-hetero) is 1. The van der Waals surface area contributed by atoms with Crippen LogP contribution in [-0.4, -0.2) is 49.6 Å². The van der Waals surface area contributed by atoms with E-state index in [2.05, 4.69) is 4.98 Å². The number of rotatable bonds is 11. The first-order chi connectivity index (χ1) is 15.2. The van der Waals surface area contributed by atoms with Gasteiger partial charge in [-0.25, -0.2) is 4.98 Å². The molecule has 0 amide bonds. The first-order valence-corrected chi connectivity index (χ1v) is 9.97. The first kappa shape index (κ1) is 24.6. The number of nitrogens with zero attached hydrogens (tertiary/aromatic N) is 1. The van der Waals surface area contributed by atoms with Crippen molar-refractivity contribution < 1.29 is 38.1 Å². The number of carbonyl (C=O) groups is 3. The molecule has 1 aromatic heterocycles. The number of aromatic nitrogens is 1. The van der Waals surface area contributed by atoms with Crippen molar-refractivity contribution in [3.63, 3.8) is 0 Å². The van der Waals surface area contributed by atoms with Gasteiger partial charge in [0.15, 0.2) is 17.2 Å². The summed E-state index contributed by atoms with van der Waals surface area (Å²) in [7, 11) is 2.96. The standard InChI is InChI=1S/C23H27NO8/c1-14(12-19(26)21-22(32-16(3)25)20(29-5)10-11-24-21)23(27)30-13-15(2)31-18-8-6-17(28-4)7-9-18/h6-11,14-15H,12-13H2,1-5H3/t14-,15+/m1/s1. The lowest BCUT2D eigenvalue weighted by Crippen LogP contribution is -2.25. The van der Waals surface area contributed by atoms with Gasteiger partial charge in [-0.05, 0) is 31.2 Å². The number of methoxy groups -OCH3 is 2. The highest BCUT2D eigenvalue weighted by atomic mass is 16.6. The summed E-state index contributed by atoms with van der Waals surface area (Å²) in [5.41, 5.74) is -0.0876. The Labute approximate surface area is 186 Å². The molecule has 172 valence electrons. The van der Waals surface area contributed by atoms with Gasteiger partial charge >= 0.3 is 11.9 Å². The van der Waals surface area contributed by atoms with E-state index in [1.54, 1.807) is 45.2 Å². The molecule has 0 aliphatic heterocycles. The lowest BCUT2D eigenvalue weighted by atomic mass is 10.0. The fourth-order valence-corrected chi connectivity index (χ4v) is 2.75. The highest BCUT2D eigenvalue weighted by Gasteiger charge is 2.25. The fourth-order valence-electron chi connectivity index (χ4n) is 2.75. The molecule has 2 atom stereocenters. The number of ether oxygens (including phenoxy) is 5. The van der Waals surface area contributed by atoms with Crippen LogP contribution in [0.1, 0.15) is 37.7 Å². The molecule has 0 spiro atoms. The molecule has 32 heavy (non-hydrogen) atoms. The Kier molecular flexibility index (Phi) is 9.00. The first-order valence-electron chi connectivity index (χ1n) is 9.97. The summed E-state index contributed by atoms with van der Waals surface area (Å²) in [6.07, 6.45) is 0.784. The second-order valence-corrected chi connectivity index (χ2v) is 7.05. The summed E-state index contributed by atoms with van der Waals surface area (Å²) in [4.78, 5) is 40.5. The van der Waals surface area contributed by atoms with Crippen molar-refractivity contribution >= 4 is 17.7 Å². The quantitative estimate of drug-likeness (QED) is 0.380. The minimum Gasteiger partial charge on any atom is -0.497 e. The van der Waals surface area contributed by atoms with Crippen LogP contribution in [0.4, 0.5) is 0 Å². The molecule has 0 fully saturated rings. The van der Waals surface area contributed by atoms with E-state index in [1.807, 2.05) is 0 Å². The molecule has 0 N–H and O–H groups in total. The molecule has 0 aliphatic carbocycles. The van der Waals surface area contributed by atoms with Crippen LogP contribution in [0, 0.1) is 5.92 Å². The van der Waals surface area contributed by atoms with Gasteiger partial charge in [0, 0.05) is 25.6 Å². The lowest BCUT2D eigenvalue weighted by molar-refractivity contribution is -0.150. The number of benzene rings is 1. The molecule has 2 rings (SSSR count). The molecular weight excluding hydrogens is 418 g/mol. The van der Waals surface area contributed by atoms with Crippen molar-refractivity contribution in [2.24, 2.45) is 5.92 Å². The number of pyridine rings is 1. The monoisotopic (exact) mass is 445 g/mol. The highest BCUT2D eigenvalue weighted by Crippen LogP contribution is 2.31.